The Morgan fingerprint density at radius 2 is 2.20 bits per heavy atom. The molecule has 1 fully saturated rings. The van der Waals surface area contributed by atoms with Crippen molar-refractivity contribution in [2.45, 2.75) is 39.3 Å². The Morgan fingerprint density at radius 3 is 2.80 bits per heavy atom. The van der Waals surface area contributed by atoms with Gasteiger partial charge in [-0.25, -0.2) is 0 Å². The van der Waals surface area contributed by atoms with Gasteiger partial charge in [-0.1, -0.05) is 0 Å². The Hall–Kier alpha value is -1.75. The molecule has 1 amide bonds. The molecule has 0 radical (unpaired) electrons. The highest BCUT2D eigenvalue weighted by Crippen LogP contribution is 2.37. The van der Waals surface area contributed by atoms with Crippen molar-refractivity contribution in [3.8, 4) is 0 Å². The molecule has 0 spiro atoms. The zero-order valence-corrected chi connectivity index (χ0v) is 12.6. The van der Waals surface area contributed by atoms with E-state index in [0.717, 1.165) is 12.8 Å². The Labute approximate surface area is 122 Å². The molecule has 5 heteroatoms. The quantitative estimate of drug-likeness (QED) is 0.909. The Morgan fingerprint density at radius 1 is 1.45 bits per heavy atom. The molecule has 4 nitrogen and oxygen atoms in total. The maximum atomic E-state index is 12.3. The largest absolute Gasteiger partial charge is 0.397 e. The molecule has 0 atom stereocenters. The van der Waals surface area contributed by atoms with E-state index in [1.807, 2.05) is 10.8 Å². The van der Waals surface area contributed by atoms with Crippen LogP contribution in [0, 0.1) is 13.8 Å². The van der Waals surface area contributed by atoms with Gasteiger partial charge in [-0.2, -0.15) is 0 Å². The molecule has 20 heavy (non-hydrogen) atoms. The second-order valence-electron chi connectivity index (χ2n) is 5.43. The molecule has 106 valence electrons. The van der Waals surface area contributed by atoms with E-state index in [1.165, 1.54) is 15.3 Å². The zero-order valence-electron chi connectivity index (χ0n) is 11.8. The van der Waals surface area contributed by atoms with Crippen molar-refractivity contribution in [3.05, 3.63) is 39.3 Å². The summed E-state index contributed by atoms with van der Waals surface area (Å²) in [6.07, 6.45) is 4.14. The van der Waals surface area contributed by atoms with E-state index in [-0.39, 0.29) is 5.91 Å². The molecule has 1 saturated carbocycles. The topological polar surface area (TPSA) is 60.1 Å². The summed E-state index contributed by atoms with van der Waals surface area (Å²) in [5.41, 5.74) is 8.43. The van der Waals surface area contributed by atoms with Gasteiger partial charge in [-0.15, -0.1) is 11.3 Å². The molecule has 1 aliphatic rings. The third-order valence-corrected chi connectivity index (χ3v) is 4.84. The lowest BCUT2D eigenvalue weighted by Gasteiger charge is -2.07. The van der Waals surface area contributed by atoms with Gasteiger partial charge in [0.25, 0.3) is 5.91 Å². The number of carbonyl (C=O) groups excluding carboxylic acids is 1. The van der Waals surface area contributed by atoms with E-state index in [9.17, 15) is 4.79 Å². The lowest BCUT2D eigenvalue weighted by atomic mass is 10.3. The maximum Gasteiger partial charge on any atom is 0.268 e. The van der Waals surface area contributed by atoms with Crippen molar-refractivity contribution < 1.29 is 4.79 Å². The van der Waals surface area contributed by atoms with E-state index < -0.39 is 0 Å². The van der Waals surface area contributed by atoms with Crippen molar-refractivity contribution in [3.63, 3.8) is 0 Å². The van der Waals surface area contributed by atoms with Gasteiger partial charge in [0, 0.05) is 22.0 Å². The number of hydrogen-bond acceptors (Lipinski definition) is 3. The Kier molecular flexibility index (Phi) is 3.30. The fraction of sp³-hybridized carbons (Fsp3) is 0.400. The number of nitrogens with two attached hydrogens (primary N) is 1. The van der Waals surface area contributed by atoms with Gasteiger partial charge < -0.3 is 15.6 Å². The number of carbonyl (C=O) groups is 1. The molecule has 0 saturated heterocycles. The highest BCUT2D eigenvalue weighted by Gasteiger charge is 2.27. The Balaban J connectivity index is 1.70. The molecular weight excluding hydrogens is 270 g/mol. The van der Waals surface area contributed by atoms with Crippen LogP contribution in [0.15, 0.2) is 18.3 Å². The molecule has 2 aromatic rings. The van der Waals surface area contributed by atoms with Crippen LogP contribution in [0.25, 0.3) is 0 Å². The average molecular weight is 289 g/mol. The molecular formula is C15H19N3OS. The van der Waals surface area contributed by atoms with E-state index in [0.29, 0.717) is 24.0 Å². The standard InChI is InChI=1S/C15H19N3OS/c1-9-5-13(20-10(9)2)7-17-15(19)14-6-11(16)8-18(14)12-3-4-12/h5-6,8,12H,3-4,7,16H2,1-2H3,(H,17,19). The summed E-state index contributed by atoms with van der Waals surface area (Å²) in [5, 5.41) is 2.99. The third kappa shape index (κ3) is 2.58. The van der Waals surface area contributed by atoms with Crippen molar-refractivity contribution in [2.24, 2.45) is 0 Å². The number of nitrogen functional groups attached to an aromatic ring is 1. The van der Waals surface area contributed by atoms with E-state index in [4.69, 9.17) is 5.73 Å². The summed E-state index contributed by atoms with van der Waals surface area (Å²) in [5.74, 6) is -0.0442. The van der Waals surface area contributed by atoms with E-state index in [2.05, 4.69) is 25.2 Å². The number of rotatable bonds is 4. The smallest absolute Gasteiger partial charge is 0.268 e. The first kappa shape index (κ1) is 13.2. The number of nitrogens with zero attached hydrogens (tertiary/aromatic N) is 1. The molecule has 3 rings (SSSR count). The molecule has 0 aliphatic heterocycles. The monoisotopic (exact) mass is 289 g/mol. The molecule has 3 N–H and O–H groups in total. The lowest BCUT2D eigenvalue weighted by Crippen LogP contribution is -2.24. The first-order valence-corrected chi connectivity index (χ1v) is 7.67. The maximum absolute atomic E-state index is 12.3. The predicted octanol–water partition coefficient (Wildman–Crippen LogP) is 3.01. The van der Waals surface area contributed by atoms with Crippen LogP contribution in [0.5, 0.6) is 0 Å². The number of thiophene rings is 1. The fourth-order valence-corrected chi connectivity index (χ4v) is 3.33. The second kappa shape index (κ2) is 4.98. The summed E-state index contributed by atoms with van der Waals surface area (Å²) in [6, 6.07) is 4.35. The first-order chi connectivity index (χ1) is 9.54. The average Bonchev–Trinajstić information content (AvgIpc) is 3.10. The van der Waals surface area contributed by atoms with Gasteiger partial charge in [0.05, 0.1) is 12.2 Å². The van der Waals surface area contributed by atoms with Gasteiger partial charge in [0.1, 0.15) is 5.69 Å². The van der Waals surface area contributed by atoms with Crippen LogP contribution in [0.2, 0.25) is 0 Å². The number of nitrogens with one attached hydrogen (secondary N) is 1. The Bertz CT molecular complexity index is 633. The van der Waals surface area contributed by atoms with Crippen molar-refractivity contribution in [1.29, 1.82) is 0 Å². The van der Waals surface area contributed by atoms with Gasteiger partial charge in [-0.3, -0.25) is 4.79 Å². The first-order valence-electron chi connectivity index (χ1n) is 6.86. The number of amides is 1. The number of anilines is 1. The molecule has 1 aliphatic carbocycles. The van der Waals surface area contributed by atoms with E-state index >= 15 is 0 Å². The fourth-order valence-electron chi connectivity index (χ4n) is 2.33. The number of hydrogen-bond donors (Lipinski definition) is 2. The highest BCUT2D eigenvalue weighted by molar-refractivity contribution is 7.12. The minimum absolute atomic E-state index is 0.0442. The second-order valence-corrected chi connectivity index (χ2v) is 6.77. The van der Waals surface area contributed by atoms with Crippen molar-refractivity contribution in [1.82, 2.24) is 9.88 Å². The summed E-state index contributed by atoms with van der Waals surface area (Å²) in [6.45, 7) is 4.77. The number of aromatic nitrogens is 1. The third-order valence-electron chi connectivity index (χ3n) is 3.68. The van der Waals surface area contributed by atoms with Crippen LogP contribution >= 0.6 is 11.3 Å². The molecule has 0 bridgehead atoms. The van der Waals surface area contributed by atoms with Crippen molar-refractivity contribution in [2.75, 3.05) is 5.73 Å². The van der Waals surface area contributed by atoms with Crippen LogP contribution in [0.1, 0.15) is 44.7 Å². The SMILES string of the molecule is Cc1cc(CNC(=O)c2cc(N)cn2C2CC2)sc1C. The molecule has 0 aromatic carbocycles. The molecule has 0 unspecified atom stereocenters. The summed E-state index contributed by atoms with van der Waals surface area (Å²) in [4.78, 5) is 14.8. The van der Waals surface area contributed by atoms with Crippen LogP contribution in [-0.4, -0.2) is 10.5 Å². The molecule has 2 heterocycles. The van der Waals surface area contributed by atoms with Crippen LogP contribution < -0.4 is 11.1 Å². The van der Waals surface area contributed by atoms with Gasteiger partial charge in [0.2, 0.25) is 0 Å². The van der Waals surface area contributed by atoms with Crippen LogP contribution in [-0.2, 0) is 6.54 Å². The minimum Gasteiger partial charge on any atom is -0.397 e. The summed E-state index contributed by atoms with van der Waals surface area (Å²) < 4.78 is 2.01. The van der Waals surface area contributed by atoms with Gasteiger partial charge in [-0.05, 0) is 44.4 Å². The van der Waals surface area contributed by atoms with Gasteiger partial charge in [0.15, 0.2) is 0 Å². The van der Waals surface area contributed by atoms with Crippen LogP contribution in [0.3, 0.4) is 0 Å². The zero-order chi connectivity index (χ0) is 14.3. The van der Waals surface area contributed by atoms with Crippen molar-refractivity contribution >= 4 is 22.9 Å². The van der Waals surface area contributed by atoms with Crippen LogP contribution in [0.4, 0.5) is 5.69 Å². The predicted molar refractivity (Wildman–Crippen MR) is 82.1 cm³/mol. The summed E-state index contributed by atoms with van der Waals surface area (Å²) in [7, 11) is 0. The minimum atomic E-state index is -0.0442. The normalized spacial score (nSPS) is 14.5. The molecule has 2 aromatic heterocycles. The summed E-state index contributed by atoms with van der Waals surface area (Å²) >= 11 is 1.73. The van der Waals surface area contributed by atoms with Gasteiger partial charge >= 0.3 is 0 Å². The van der Waals surface area contributed by atoms with E-state index in [1.54, 1.807) is 17.4 Å². The highest BCUT2D eigenvalue weighted by atomic mass is 32.1. The lowest BCUT2D eigenvalue weighted by molar-refractivity contribution is 0.0942. The number of aryl methyl sites for hydroxylation is 2.